The van der Waals surface area contributed by atoms with E-state index in [0.717, 1.165) is 67.5 Å². The molecule has 1 aliphatic carbocycles. The number of aromatic carboxylic acids is 1. The number of likely N-dealkylation sites (N-methyl/N-ethyl adjacent to an activating group) is 1. The zero-order valence-corrected chi connectivity index (χ0v) is 21.4. The number of likely N-dealkylation sites (tertiary alicyclic amines) is 1. The first kappa shape index (κ1) is 24.6. The number of aromatic nitrogens is 1. The molecule has 2 heterocycles. The summed E-state index contributed by atoms with van der Waals surface area (Å²) in [6.07, 6.45) is 6.90. The summed E-state index contributed by atoms with van der Waals surface area (Å²) in [5, 5.41) is 10.8. The van der Waals surface area contributed by atoms with Gasteiger partial charge in [-0.2, -0.15) is 0 Å². The maximum absolute atomic E-state index is 13.6. The normalized spacial score (nSPS) is 17.6. The van der Waals surface area contributed by atoms with Gasteiger partial charge in [-0.15, -0.1) is 0 Å². The molecule has 1 saturated heterocycles. The molecule has 36 heavy (non-hydrogen) atoms. The Balaban J connectivity index is 1.57. The minimum atomic E-state index is -0.945. The minimum Gasteiger partial charge on any atom is -0.478 e. The van der Waals surface area contributed by atoms with Crippen molar-refractivity contribution in [1.82, 2.24) is 14.4 Å². The van der Waals surface area contributed by atoms with E-state index in [1.807, 2.05) is 36.2 Å². The highest BCUT2D eigenvalue weighted by atomic mass is 16.4. The standard InChI is InChI=1S/C30H37N3O3/c1-31-16-14-21(15-17-31)19-32(2)27(34)20-33-26-18-24(30(35)36)12-13-25(26)28(22-8-6-7-9-22)29(33)23-10-4-3-5-11-23/h3-5,10-13,18,21-22H,6-9,14-17,19-20H2,1-2H3,(H,35,36). The Morgan fingerprint density at radius 2 is 1.69 bits per heavy atom. The molecule has 0 bridgehead atoms. The fourth-order valence-electron chi connectivity index (χ4n) is 6.20. The van der Waals surface area contributed by atoms with Crippen molar-refractivity contribution in [1.29, 1.82) is 0 Å². The van der Waals surface area contributed by atoms with Crippen LogP contribution >= 0.6 is 0 Å². The molecule has 1 saturated carbocycles. The van der Waals surface area contributed by atoms with Crippen LogP contribution in [0.25, 0.3) is 22.2 Å². The third-order valence-electron chi connectivity index (χ3n) is 8.25. The molecule has 190 valence electrons. The molecule has 5 rings (SSSR count). The summed E-state index contributed by atoms with van der Waals surface area (Å²) >= 11 is 0. The Labute approximate surface area is 213 Å². The van der Waals surface area contributed by atoms with Gasteiger partial charge in [0.1, 0.15) is 6.54 Å². The molecule has 0 unspecified atom stereocenters. The summed E-state index contributed by atoms with van der Waals surface area (Å²) in [5.74, 6) is 0.0743. The van der Waals surface area contributed by atoms with Gasteiger partial charge in [0.2, 0.25) is 5.91 Å². The number of benzene rings is 2. The molecule has 1 aliphatic heterocycles. The second kappa shape index (κ2) is 10.5. The number of rotatable bonds is 7. The Bertz CT molecular complexity index is 1240. The summed E-state index contributed by atoms with van der Waals surface area (Å²) in [7, 11) is 4.07. The highest BCUT2D eigenvalue weighted by Gasteiger charge is 2.29. The molecule has 0 atom stereocenters. The van der Waals surface area contributed by atoms with Gasteiger partial charge < -0.3 is 19.5 Å². The second-order valence-corrected chi connectivity index (χ2v) is 10.8. The van der Waals surface area contributed by atoms with Crippen LogP contribution in [0, 0.1) is 5.92 Å². The number of piperidine rings is 1. The van der Waals surface area contributed by atoms with E-state index in [-0.39, 0.29) is 18.0 Å². The number of carbonyl (C=O) groups excluding carboxylic acids is 1. The number of carboxylic acids is 1. The van der Waals surface area contributed by atoms with Crippen molar-refractivity contribution in [2.75, 3.05) is 33.7 Å². The van der Waals surface area contributed by atoms with E-state index in [4.69, 9.17) is 0 Å². The zero-order chi connectivity index (χ0) is 25.2. The number of amides is 1. The molecular weight excluding hydrogens is 450 g/mol. The van der Waals surface area contributed by atoms with Crippen LogP contribution in [0.4, 0.5) is 0 Å². The van der Waals surface area contributed by atoms with E-state index >= 15 is 0 Å². The highest BCUT2D eigenvalue weighted by molar-refractivity contribution is 5.99. The predicted octanol–water partition coefficient (Wildman–Crippen LogP) is 5.46. The highest BCUT2D eigenvalue weighted by Crippen LogP contribution is 2.45. The van der Waals surface area contributed by atoms with Crippen molar-refractivity contribution >= 4 is 22.8 Å². The molecule has 2 aliphatic rings. The van der Waals surface area contributed by atoms with Crippen molar-refractivity contribution in [2.45, 2.75) is 51.0 Å². The van der Waals surface area contributed by atoms with Crippen LogP contribution in [-0.4, -0.2) is 65.1 Å². The van der Waals surface area contributed by atoms with E-state index in [2.05, 4.69) is 28.6 Å². The summed E-state index contributed by atoms with van der Waals surface area (Å²) in [5.41, 5.74) is 4.53. The molecule has 1 aromatic heterocycles. The van der Waals surface area contributed by atoms with E-state index in [1.165, 1.54) is 18.4 Å². The molecule has 1 N–H and O–H groups in total. The fraction of sp³-hybridized carbons (Fsp3) is 0.467. The smallest absolute Gasteiger partial charge is 0.335 e. The van der Waals surface area contributed by atoms with Crippen LogP contribution in [-0.2, 0) is 11.3 Å². The first-order valence-corrected chi connectivity index (χ1v) is 13.3. The lowest BCUT2D eigenvalue weighted by Crippen LogP contribution is -2.39. The van der Waals surface area contributed by atoms with Gasteiger partial charge >= 0.3 is 5.97 Å². The van der Waals surface area contributed by atoms with Crippen molar-refractivity contribution in [3.63, 3.8) is 0 Å². The largest absolute Gasteiger partial charge is 0.478 e. The van der Waals surface area contributed by atoms with Crippen LogP contribution in [0.15, 0.2) is 48.5 Å². The Hall–Kier alpha value is -3.12. The molecule has 1 amide bonds. The third kappa shape index (κ3) is 4.92. The van der Waals surface area contributed by atoms with E-state index < -0.39 is 5.97 Å². The quantitative estimate of drug-likeness (QED) is 0.480. The number of hydrogen-bond donors (Lipinski definition) is 1. The summed E-state index contributed by atoms with van der Waals surface area (Å²) in [4.78, 5) is 29.7. The maximum Gasteiger partial charge on any atom is 0.335 e. The lowest BCUT2D eigenvalue weighted by atomic mass is 9.92. The molecular formula is C30H37N3O3. The van der Waals surface area contributed by atoms with E-state index in [1.54, 1.807) is 12.1 Å². The SMILES string of the molecule is CN1CCC(CN(C)C(=O)Cn2c(-c3ccccc3)c(C3CCCC3)c3ccc(C(=O)O)cc32)CC1. The predicted molar refractivity (Wildman–Crippen MR) is 143 cm³/mol. The molecule has 2 aromatic carbocycles. The first-order chi connectivity index (χ1) is 17.4. The lowest BCUT2D eigenvalue weighted by molar-refractivity contribution is -0.131. The summed E-state index contributed by atoms with van der Waals surface area (Å²) in [6, 6.07) is 15.7. The average molecular weight is 488 g/mol. The van der Waals surface area contributed by atoms with Gasteiger partial charge in [0.05, 0.1) is 16.8 Å². The van der Waals surface area contributed by atoms with Crippen LogP contribution in [0.2, 0.25) is 0 Å². The Kier molecular flexibility index (Phi) is 7.15. The van der Waals surface area contributed by atoms with E-state index in [0.29, 0.717) is 11.8 Å². The Morgan fingerprint density at radius 1 is 1.00 bits per heavy atom. The molecule has 6 heteroatoms. The lowest BCUT2D eigenvalue weighted by Gasteiger charge is -2.31. The molecule has 6 nitrogen and oxygen atoms in total. The van der Waals surface area contributed by atoms with Gasteiger partial charge in [0.25, 0.3) is 0 Å². The van der Waals surface area contributed by atoms with Crippen molar-refractivity contribution in [3.8, 4) is 11.3 Å². The van der Waals surface area contributed by atoms with Gasteiger partial charge in [-0.3, -0.25) is 4.79 Å². The number of nitrogens with zero attached hydrogens (tertiary/aromatic N) is 3. The van der Waals surface area contributed by atoms with Crippen molar-refractivity contribution in [3.05, 3.63) is 59.7 Å². The Morgan fingerprint density at radius 3 is 2.36 bits per heavy atom. The number of hydrogen-bond acceptors (Lipinski definition) is 3. The van der Waals surface area contributed by atoms with E-state index in [9.17, 15) is 14.7 Å². The van der Waals surface area contributed by atoms with Gasteiger partial charge in [-0.05, 0) is 80.9 Å². The van der Waals surface area contributed by atoms with Crippen LogP contribution < -0.4 is 0 Å². The van der Waals surface area contributed by atoms with Gasteiger partial charge in [0.15, 0.2) is 0 Å². The van der Waals surface area contributed by atoms with Gasteiger partial charge in [-0.25, -0.2) is 4.79 Å². The van der Waals surface area contributed by atoms with Crippen LogP contribution in [0.3, 0.4) is 0 Å². The van der Waals surface area contributed by atoms with Gasteiger partial charge in [0, 0.05) is 19.0 Å². The summed E-state index contributed by atoms with van der Waals surface area (Å²) in [6.45, 7) is 3.13. The van der Waals surface area contributed by atoms with Crippen LogP contribution in [0.5, 0.6) is 0 Å². The van der Waals surface area contributed by atoms with Crippen molar-refractivity contribution < 1.29 is 14.7 Å². The molecule has 3 aromatic rings. The average Bonchev–Trinajstić information content (AvgIpc) is 3.52. The van der Waals surface area contributed by atoms with Gasteiger partial charge in [-0.1, -0.05) is 49.2 Å². The molecule has 0 radical (unpaired) electrons. The second-order valence-electron chi connectivity index (χ2n) is 10.8. The third-order valence-corrected chi connectivity index (χ3v) is 8.25. The number of carbonyl (C=O) groups is 2. The maximum atomic E-state index is 13.6. The first-order valence-electron chi connectivity index (χ1n) is 13.3. The monoisotopic (exact) mass is 487 g/mol. The molecule has 2 fully saturated rings. The number of fused-ring (bicyclic) bond motifs is 1. The topological polar surface area (TPSA) is 65.8 Å². The molecule has 0 spiro atoms. The minimum absolute atomic E-state index is 0.0710. The van der Waals surface area contributed by atoms with Crippen LogP contribution in [0.1, 0.15) is 60.4 Å². The summed E-state index contributed by atoms with van der Waals surface area (Å²) < 4.78 is 2.10. The zero-order valence-electron chi connectivity index (χ0n) is 21.4. The number of carboxylic acid groups (broad SMARTS) is 1. The van der Waals surface area contributed by atoms with Crippen molar-refractivity contribution in [2.24, 2.45) is 5.92 Å². The fourth-order valence-corrected chi connectivity index (χ4v) is 6.20.